The highest BCUT2D eigenvalue weighted by Crippen LogP contribution is 2.27. The van der Waals surface area contributed by atoms with Crippen molar-refractivity contribution in [1.82, 2.24) is 0 Å². The summed E-state index contributed by atoms with van der Waals surface area (Å²) < 4.78 is 28.5. The molecule has 0 bridgehead atoms. The number of carboxylic acid groups (broad SMARTS) is 1. The standard InChI is InChI=1S/C65H116O12/c1-4-7-10-13-16-19-22-25-28-29-32-33-36-39-42-45-48-51-57(66)73-54-56(75-58(67)52-49-46-43-40-37-34-30-26-23-20-17-14-11-8-5-2)55-74-65-63(61(70)60(69)62(77-65)64(71)72)76-59(68)53-50-47-44-41-38-35-31-27-24-21-18-15-12-9-6-3/h7,10,16,19,25,28,56,60-63,65,69-70H,4-6,8-9,11-15,17-18,20-24,26-27,29-55H2,1-3H3,(H,71,72)/b10-7-,19-16-,28-25-. The maximum Gasteiger partial charge on any atom is 0.335 e. The third kappa shape index (κ3) is 43.4. The molecule has 12 heteroatoms. The van der Waals surface area contributed by atoms with Crippen molar-refractivity contribution in [1.29, 1.82) is 0 Å². The Labute approximate surface area is 470 Å². The molecule has 12 nitrogen and oxygen atoms in total. The van der Waals surface area contributed by atoms with Gasteiger partial charge in [0.15, 0.2) is 24.6 Å². The van der Waals surface area contributed by atoms with Crippen molar-refractivity contribution in [2.75, 3.05) is 13.2 Å². The molecular formula is C65H116O12. The lowest BCUT2D eigenvalue weighted by Gasteiger charge is -2.40. The Kier molecular flexibility index (Phi) is 50.1. The summed E-state index contributed by atoms with van der Waals surface area (Å²) in [5.74, 6) is -3.10. The molecule has 6 atom stereocenters. The number of allylic oxidation sites excluding steroid dienone is 6. The van der Waals surface area contributed by atoms with E-state index in [1.54, 1.807) is 0 Å². The molecule has 77 heavy (non-hydrogen) atoms. The topological polar surface area (TPSA) is 175 Å². The predicted molar refractivity (Wildman–Crippen MR) is 313 cm³/mol. The summed E-state index contributed by atoms with van der Waals surface area (Å²) in [6.45, 7) is 5.92. The lowest BCUT2D eigenvalue weighted by atomic mass is 9.98. The molecule has 1 fully saturated rings. The smallest absolute Gasteiger partial charge is 0.335 e. The molecule has 0 aromatic rings. The van der Waals surface area contributed by atoms with Gasteiger partial charge in [0.05, 0.1) is 6.61 Å². The zero-order chi connectivity index (χ0) is 56.1. The third-order valence-electron chi connectivity index (χ3n) is 14.7. The number of hydrogen-bond donors (Lipinski definition) is 3. The minimum Gasteiger partial charge on any atom is -0.479 e. The Morgan fingerprint density at radius 1 is 0.442 bits per heavy atom. The van der Waals surface area contributed by atoms with Gasteiger partial charge in [-0.25, -0.2) is 4.79 Å². The Morgan fingerprint density at radius 3 is 1.25 bits per heavy atom. The van der Waals surface area contributed by atoms with Gasteiger partial charge < -0.3 is 39.0 Å². The van der Waals surface area contributed by atoms with Crippen LogP contribution in [-0.2, 0) is 42.9 Å². The molecule has 0 radical (unpaired) electrons. The molecule has 6 unspecified atom stereocenters. The van der Waals surface area contributed by atoms with E-state index in [0.717, 1.165) is 89.9 Å². The van der Waals surface area contributed by atoms with E-state index in [9.17, 15) is 34.5 Å². The van der Waals surface area contributed by atoms with E-state index in [4.69, 9.17) is 23.7 Å². The normalized spacial score (nSPS) is 18.2. The van der Waals surface area contributed by atoms with E-state index in [2.05, 4.69) is 57.2 Å². The van der Waals surface area contributed by atoms with Gasteiger partial charge in [0.2, 0.25) is 0 Å². The Balaban J connectivity index is 2.66. The van der Waals surface area contributed by atoms with Gasteiger partial charge >= 0.3 is 23.9 Å². The zero-order valence-corrected chi connectivity index (χ0v) is 49.5. The first kappa shape index (κ1) is 72.0. The molecule has 3 N–H and O–H groups in total. The van der Waals surface area contributed by atoms with Gasteiger partial charge in [0, 0.05) is 19.3 Å². The monoisotopic (exact) mass is 1090 g/mol. The van der Waals surface area contributed by atoms with Gasteiger partial charge in [-0.05, 0) is 51.4 Å². The van der Waals surface area contributed by atoms with Crippen LogP contribution in [0, 0.1) is 0 Å². The molecule has 1 heterocycles. The van der Waals surface area contributed by atoms with Crippen molar-refractivity contribution in [2.24, 2.45) is 0 Å². The first-order valence-corrected chi connectivity index (χ1v) is 32.0. The van der Waals surface area contributed by atoms with Crippen LogP contribution in [0.3, 0.4) is 0 Å². The highest BCUT2D eigenvalue weighted by atomic mass is 16.7. The fourth-order valence-electron chi connectivity index (χ4n) is 9.86. The van der Waals surface area contributed by atoms with Crippen molar-refractivity contribution in [3.8, 4) is 0 Å². The number of unbranched alkanes of at least 4 members (excludes halogenated alkanes) is 35. The van der Waals surface area contributed by atoms with Gasteiger partial charge in [-0.2, -0.15) is 0 Å². The summed E-state index contributed by atoms with van der Waals surface area (Å²) in [5, 5.41) is 31.6. The average molecular weight is 1090 g/mol. The van der Waals surface area contributed by atoms with Crippen molar-refractivity contribution in [3.63, 3.8) is 0 Å². The first-order chi connectivity index (χ1) is 37.6. The van der Waals surface area contributed by atoms with Crippen molar-refractivity contribution >= 4 is 23.9 Å². The maximum absolute atomic E-state index is 13.2. The van der Waals surface area contributed by atoms with Crippen molar-refractivity contribution in [2.45, 2.75) is 340 Å². The summed E-state index contributed by atoms with van der Waals surface area (Å²) in [6.07, 6.45) is 51.0. The number of carbonyl (C=O) groups is 4. The molecular weight excluding hydrogens is 973 g/mol. The summed E-state index contributed by atoms with van der Waals surface area (Å²) >= 11 is 0. The van der Waals surface area contributed by atoms with E-state index in [-0.39, 0.29) is 25.9 Å². The summed E-state index contributed by atoms with van der Waals surface area (Å²) in [7, 11) is 0. The van der Waals surface area contributed by atoms with Crippen LogP contribution in [0.4, 0.5) is 0 Å². The Morgan fingerprint density at radius 2 is 0.818 bits per heavy atom. The van der Waals surface area contributed by atoms with E-state index < -0.39 is 67.3 Å². The van der Waals surface area contributed by atoms with Gasteiger partial charge in [-0.15, -0.1) is 0 Å². The van der Waals surface area contributed by atoms with Crippen LogP contribution in [0.5, 0.6) is 0 Å². The predicted octanol–water partition coefficient (Wildman–Crippen LogP) is 16.8. The number of esters is 3. The van der Waals surface area contributed by atoms with Crippen molar-refractivity contribution in [3.05, 3.63) is 36.5 Å². The van der Waals surface area contributed by atoms with Crippen LogP contribution in [-0.4, -0.2) is 89.2 Å². The number of carbonyl (C=O) groups excluding carboxylic acids is 3. The molecule has 448 valence electrons. The molecule has 0 aromatic heterocycles. The summed E-state index contributed by atoms with van der Waals surface area (Å²) in [5.41, 5.74) is 0. The average Bonchev–Trinajstić information content (AvgIpc) is 3.42. The lowest BCUT2D eigenvalue weighted by molar-refractivity contribution is -0.301. The minimum absolute atomic E-state index is 0.0659. The number of aliphatic carboxylic acids is 1. The minimum atomic E-state index is -1.90. The maximum atomic E-state index is 13.2. The van der Waals surface area contributed by atoms with Crippen LogP contribution in [0.15, 0.2) is 36.5 Å². The van der Waals surface area contributed by atoms with Gasteiger partial charge in [0.25, 0.3) is 0 Å². The fourth-order valence-corrected chi connectivity index (χ4v) is 9.86. The van der Waals surface area contributed by atoms with Crippen LogP contribution in [0.2, 0.25) is 0 Å². The number of aliphatic hydroxyl groups excluding tert-OH is 2. The lowest BCUT2D eigenvalue weighted by Crippen LogP contribution is -2.61. The first-order valence-electron chi connectivity index (χ1n) is 32.0. The second-order valence-electron chi connectivity index (χ2n) is 22.0. The molecule has 0 aromatic carbocycles. The highest BCUT2D eigenvalue weighted by Gasteiger charge is 2.50. The number of aliphatic hydroxyl groups is 2. The van der Waals surface area contributed by atoms with E-state index in [1.165, 1.54) is 154 Å². The Bertz CT molecular complexity index is 1480. The molecule has 1 aliphatic rings. The molecule has 0 aliphatic carbocycles. The Hall–Kier alpha value is -3.06. The van der Waals surface area contributed by atoms with E-state index >= 15 is 0 Å². The second-order valence-corrected chi connectivity index (χ2v) is 22.0. The van der Waals surface area contributed by atoms with E-state index in [0.29, 0.717) is 19.3 Å². The molecule has 0 spiro atoms. The quantitative estimate of drug-likeness (QED) is 0.0228. The van der Waals surface area contributed by atoms with Crippen molar-refractivity contribution < 1.29 is 58.2 Å². The van der Waals surface area contributed by atoms with Crippen LogP contribution in [0.1, 0.15) is 303 Å². The third-order valence-corrected chi connectivity index (χ3v) is 14.7. The highest BCUT2D eigenvalue weighted by molar-refractivity contribution is 5.74. The molecule has 1 rings (SSSR count). The van der Waals surface area contributed by atoms with E-state index in [1.807, 2.05) is 0 Å². The molecule has 1 aliphatic heterocycles. The number of ether oxygens (including phenoxy) is 5. The van der Waals surface area contributed by atoms with Crippen LogP contribution >= 0.6 is 0 Å². The van der Waals surface area contributed by atoms with Crippen LogP contribution in [0.25, 0.3) is 0 Å². The number of carboxylic acids is 1. The fraction of sp³-hybridized carbons (Fsp3) is 0.846. The number of rotatable bonds is 55. The molecule has 1 saturated heterocycles. The second kappa shape index (κ2) is 53.6. The summed E-state index contributed by atoms with van der Waals surface area (Å²) in [6, 6.07) is 0. The van der Waals surface area contributed by atoms with Gasteiger partial charge in [-0.3, -0.25) is 14.4 Å². The molecule has 0 saturated carbocycles. The SMILES string of the molecule is CC/C=C\C/C=C\C/C=C\CCCCCCCCCC(=O)OCC(COC1OC(C(=O)O)C(O)C(O)C1OC(=O)CCCCCCCCCCCCCCCCC)OC(=O)CCCCCCCCCCCCCCCCC. The summed E-state index contributed by atoms with van der Waals surface area (Å²) in [4.78, 5) is 51.3. The van der Waals surface area contributed by atoms with Gasteiger partial charge in [-0.1, -0.05) is 269 Å². The number of hydrogen-bond acceptors (Lipinski definition) is 11. The van der Waals surface area contributed by atoms with Crippen LogP contribution < -0.4 is 0 Å². The largest absolute Gasteiger partial charge is 0.479 e. The zero-order valence-electron chi connectivity index (χ0n) is 49.5. The van der Waals surface area contributed by atoms with Gasteiger partial charge in [0.1, 0.15) is 18.8 Å². The molecule has 0 amide bonds.